The number of hydrogen-bond acceptors (Lipinski definition) is 3. The van der Waals surface area contributed by atoms with Gasteiger partial charge in [0.2, 0.25) is 0 Å². The Bertz CT molecular complexity index is 654. The molecule has 1 unspecified atom stereocenters. The smallest absolute Gasteiger partial charge is 0.165 e. The first-order chi connectivity index (χ1) is 10.2. The third kappa shape index (κ3) is 2.85. The molecule has 0 radical (unpaired) electrons. The van der Waals surface area contributed by atoms with Crippen molar-refractivity contribution in [1.82, 2.24) is 0 Å². The molecule has 3 rings (SSSR count). The van der Waals surface area contributed by atoms with Crippen LogP contribution in [0.15, 0.2) is 36.4 Å². The average molecular weight is 288 g/mol. The summed E-state index contributed by atoms with van der Waals surface area (Å²) in [5.41, 5.74) is 2.79. The van der Waals surface area contributed by atoms with Gasteiger partial charge in [-0.25, -0.2) is 4.39 Å². The van der Waals surface area contributed by atoms with Gasteiger partial charge in [-0.3, -0.25) is 0 Å². The minimum Gasteiger partial charge on any atom is -0.486 e. The molecule has 21 heavy (non-hydrogen) atoms. The van der Waals surface area contributed by atoms with Crippen LogP contribution in [-0.2, 0) is 13.0 Å². The zero-order valence-corrected chi connectivity index (χ0v) is 11.8. The lowest BCUT2D eigenvalue weighted by molar-refractivity contribution is 0.142. The number of para-hydroxylation sites is 1. The van der Waals surface area contributed by atoms with Crippen molar-refractivity contribution in [2.24, 2.45) is 0 Å². The van der Waals surface area contributed by atoms with Crippen LogP contribution >= 0.6 is 0 Å². The highest BCUT2D eigenvalue weighted by atomic mass is 19.1. The Labute approximate surface area is 122 Å². The standard InChI is InChI=1S/C17H17FO3/c1-11-5-6-16-13(7-11)8-14(21-16)10-20-17-12(9-19)3-2-4-15(17)18/h2-7,14,19H,8-10H2,1H3. The third-order valence-electron chi connectivity index (χ3n) is 3.59. The predicted molar refractivity (Wildman–Crippen MR) is 77.1 cm³/mol. The van der Waals surface area contributed by atoms with Crippen LogP contribution in [0.3, 0.4) is 0 Å². The third-order valence-corrected chi connectivity index (χ3v) is 3.59. The molecule has 0 saturated carbocycles. The minimum atomic E-state index is -0.465. The van der Waals surface area contributed by atoms with Crippen LogP contribution in [-0.4, -0.2) is 17.8 Å². The van der Waals surface area contributed by atoms with Crippen LogP contribution in [0.25, 0.3) is 0 Å². The summed E-state index contributed by atoms with van der Waals surface area (Å²) in [4.78, 5) is 0. The molecule has 0 aromatic heterocycles. The van der Waals surface area contributed by atoms with Gasteiger partial charge in [-0.05, 0) is 24.6 Å². The van der Waals surface area contributed by atoms with Crippen molar-refractivity contribution >= 4 is 0 Å². The second-order valence-corrected chi connectivity index (χ2v) is 5.25. The fourth-order valence-corrected chi connectivity index (χ4v) is 2.56. The van der Waals surface area contributed by atoms with Gasteiger partial charge < -0.3 is 14.6 Å². The molecule has 0 amide bonds. The molecule has 0 aliphatic carbocycles. The number of ether oxygens (including phenoxy) is 2. The number of fused-ring (bicyclic) bond motifs is 1. The lowest BCUT2D eigenvalue weighted by atomic mass is 10.1. The molecule has 1 N–H and O–H groups in total. The van der Waals surface area contributed by atoms with E-state index in [1.54, 1.807) is 12.1 Å². The Morgan fingerprint density at radius 2 is 2.19 bits per heavy atom. The van der Waals surface area contributed by atoms with Crippen molar-refractivity contribution < 1.29 is 19.0 Å². The topological polar surface area (TPSA) is 38.7 Å². The van der Waals surface area contributed by atoms with E-state index in [4.69, 9.17) is 9.47 Å². The summed E-state index contributed by atoms with van der Waals surface area (Å²) in [5, 5.41) is 9.23. The summed E-state index contributed by atoms with van der Waals surface area (Å²) in [6, 6.07) is 10.6. The summed E-state index contributed by atoms with van der Waals surface area (Å²) < 4.78 is 25.1. The predicted octanol–water partition coefficient (Wildman–Crippen LogP) is 3.01. The summed E-state index contributed by atoms with van der Waals surface area (Å²) in [6.45, 7) is 2.04. The molecule has 1 aliphatic rings. The molecule has 2 aromatic carbocycles. The van der Waals surface area contributed by atoms with E-state index in [0.29, 0.717) is 5.56 Å². The van der Waals surface area contributed by atoms with Crippen LogP contribution in [0, 0.1) is 12.7 Å². The zero-order valence-electron chi connectivity index (χ0n) is 11.8. The highest BCUT2D eigenvalue weighted by molar-refractivity contribution is 5.40. The van der Waals surface area contributed by atoms with Crippen LogP contribution in [0.2, 0.25) is 0 Å². The summed E-state index contributed by atoms with van der Waals surface area (Å²) >= 11 is 0. The van der Waals surface area contributed by atoms with Crippen molar-refractivity contribution in [2.75, 3.05) is 6.61 Å². The monoisotopic (exact) mass is 288 g/mol. The lowest BCUT2D eigenvalue weighted by Crippen LogP contribution is -2.23. The Morgan fingerprint density at radius 3 is 3.00 bits per heavy atom. The molecule has 0 saturated heterocycles. The first-order valence-corrected chi connectivity index (χ1v) is 6.94. The van der Waals surface area contributed by atoms with E-state index >= 15 is 0 Å². The van der Waals surface area contributed by atoms with E-state index in [9.17, 15) is 9.50 Å². The first-order valence-electron chi connectivity index (χ1n) is 6.94. The number of halogens is 1. The van der Waals surface area contributed by atoms with Crippen molar-refractivity contribution in [3.8, 4) is 11.5 Å². The second-order valence-electron chi connectivity index (χ2n) is 5.25. The number of hydrogen-bond donors (Lipinski definition) is 1. The maximum atomic E-state index is 13.8. The number of benzene rings is 2. The Kier molecular flexibility index (Phi) is 3.80. The number of rotatable bonds is 4. The van der Waals surface area contributed by atoms with E-state index in [0.717, 1.165) is 17.7 Å². The maximum absolute atomic E-state index is 13.8. The normalized spacial score (nSPS) is 16.4. The molecule has 1 atom stereocenters. The summed E-state index contributed by atoms with van der Waals surface area (Å²) in [7, 11) is 0. The van der Waals surface area contributed by atoms with Gasteiger partial charge in [0.05, 0.1) is 6.61 Å². The van der Waals surface area contributed by atoms with E-state index in [-0.39, 0.29) is 25.1 Å². The number of aliphatic hydroxyl groups is 1. The van der Waals surface area contributed by atoms with Gasteiger partial charge in [0, 0.05) is 12.0 Å². The quantitative estimate of drug-likeness (QED) is 0.940. The fourth-order valence-electron chi connectivity index (χ4n) is 2.56. The fraction of sp³-hybridized carbons (Fsp3) is 0.294. The number of aliphatic hydroxyl groups excluding tert-OH is 1. The molecule has 1 heterocycles. The molecule has 1 aliphatic heterocycles. The van der Waals surface area contributed by atoms with Crippen molar-refractivity contribution in [2.45, 2.75) is 26.1 Å². The minimum absolute atomic E-state index is 0.107. The molecular weight excluding hydrogens is 271 g/mol. The Morgan fingerprint density at radius 1 is 1.33 bits per heavy atom. The van der Waals surface area contributed by atoms with E-state index in [1.165, 1.54) is 11.6 Å². The largest absolute Gasteiger partial charge is 0.486 e. The number of aryl methyl sites for hydroxylation is 1. The molecule has 0 bridgehead atoms. The van der Waals surface area contributed by atoms with Crippen LogP contribution in [0.1, 0.15) is 16.7 Å². The lowest BCUT2D eigenvalue weighted by Gasteiger charge is -2.15. The summed E-state index contributed by atoms with van der Waals surface area (Å²) in [6.07, 6.45) is 0.618. The molecule has 3 nitrogen and oxygen atoms in total. The second kappa shape index (κ2) is 5.74. The Balaban J connectivity index is 1.68. The molecule has 0 spiro atoms. The van der Waals surface area contributed by atoms with Crippen LogP contribution < -0.4 is 9.47 Å². The highest BCUT2D eigenvalue weighted by Crippen LogP contribution is 2.30. The van der Waals surface area contributed by atoms with Gasteiger partial charge in [-0.2, -0.15) is 0 Å². The van der Waals surface area contributed by atoms with Crippen molar-refractivity contribution in [3.63, 3.8) is 0 Å². The van der Waals surface area contributed by atoms with E-state index < -0.39 is 5.82 Å². The molecular formula is C17H17FO3. The maximum Gasteiger partial charge on any atom is 0.165 e. The van der Waals surface area contributed by atoms with Gasteiger partial charge in [0.1, 0.15) is 18.5 Å². The van der Waals surface area contributed by atoms with E-state index in [2.05, 4.69) is 6.07 Å². The van der Waals surface area contributed by atoms with Crippen molar-refractivity contribution in [3.05, 3.63) is 58.9 Å². The first kappa shape index (κ1) is 13.9. The molecule has 2 aromatic rings. The van der Waals surface area contributed by atoms with Gasteiger partial charge in [-0.15, -0.1) is 0 Å². The van der Waals surface area contributed by atoms with Gasteiger partial charge in [0.25, 0.3) is 0 Å². The SMILES string of the molecule is Cc1ccc2c(c1)CC(COc1c(F)cccc1CO)O2. The molecule has 4 heteroatoms. The van der Waals surface area contributed by atoms with Crippen LogP contribution in [0.5, 0.6) is 11.5 Å². The van der Waals surface area contributed by atoms with Gasteiger partial charge in [0.15, 0.2) is 11.6 Å². The van der Waals surface area contributed by atoms with Gasteiger partial charge >= 0.3 is 0 Å². The Hall–Kier alpha value is -2.07. The summed E-state index contributed by atoms with van der Waals surface area (Å²) in [5.74, 6) is 0.508. The molecule has 110 valence electrons. The van der Waals surface area contributed by atoms with E-state index in [1.807, 2.05) is 19.1 Å². The van der Waals surface area contributed by atoms with Crippen LogP contribution in [0.4, 0.5) is 4.39 Å². The molecule has 0 fully saturated rings. The van der Waals surface area contributed by atoms with Gasteiger partial charge in [-0.1, -0.05) is 29.8 Å². The van der Waals surface area contributed by atoms with Crippen molar-refractivity contribution in [1.29, 1.82) is 0 Å². The highest BCUT2D eigenvalue weighted by Gasteiger charge is 2.24. The zero-order chi connectivity index (χ0) is 14.8. The average Bonchev–Trinajstić information content (AvgIpc) is 2.87.